The first kappa shape index (κ1) is 16.5. The maximum Gasteiger partial charge on any atom is 0.308 e. The van der Waals surface area contributed by atoms with Gasteiger partial charge in [-0.25, -0.2) is 0 Å². The Kier molecular flexibility index (Phi) is 8.89. The Morgan fingerprint density at radius 1 is 1.05 bits per heavy atom. The molecule has 0 saturated heterocycles. The van der Waals surface area contributed by atoms with Crippen molar-refractivity contribution in [1.29, 1.82) is 0 Å². The van der Waals surface area contributed by atoms with Crippen molar-refractivity contribution in [2.45, 2.75) is 77.2 Å². The van der Waals surface area contributed by atoms with Gasteiger partial charge in [-0.05, 0) is 38.6 Å². The minimum atomic E-state index is -0.0191. The van der Waals surface area contributed by atoms with Gasteiger partial charge in [0.1, 0.15) is 0 Å². The number of carbonyl (C=O) groups excluding carboxylic acids is 1. The van der Waals surface area contributed by atoms with Gasteiger partial charge in [0.05, 0.1) is 13.0 Å². The molecule has 0 aromatic carbocycles. The van der Waals surface area contributed by atoms with Crippen molar-refractivity contribution in [2.24, 2.45) is 5.92 Å². The third-order valence-electron chi connectivity index (χ3n) is 4.23. The van der Waals surface area contributed by atoms with Gasteiger partial charge in [0.25, 0.3) is 0 Å². The molecule has 0 unspecified atom stereocenters. The number of nitrogens with one attached hydrogen (secondary N) is 1. The summed E-state index contributed by atoms with van der Waals surface area (Å²) in [5, 5.41) is 3.64. The molecule has 0 radical (unpaired) electrons. The lowest BCUT2D eigenvalue weighted by molar-refractivity contribution is -0.146. The maximum atomic E-state index is 11.4. The van der Waals surface area contributed by atoms with E-state index in [1.165, 1.54) is 45.6 Å². The minimum Gasteiger partial charge on any atom is -0.469 e. The molecule has 1 saturated carbocycles. The van der Waals surface area contributed by atoms with Crippen LogP contribution in [-0.2, 0) is 9.53 Å². The second-order valence-corrected chi connectivity index (χ2v) is 5.79. The van der Waals surface area contributed by atoms with Gasteiger partial charge in [-0.1, -0.05) is 39.0 Å². The minimum absolute atomic E-state index is 0.0191. The molecule has 0 amide bonds. The lowest BCUT2D eigenvalue weighted by atomic mass is 9.86. The zero-order valence-electron chi connectivity index (χ0n) is 12.7. The number of unbranched alkanes of at least 4 members (excludes halogenated alkanes) is 5. The van der Waals surface area contributed by atoms with Crippen LogP contribution >= 0.6 is 0 Å². The number of hydrogen-bond donors (Lipinski definition) is 1. The molecular formula is C16H31NO2. The zero-order chi connectivity index (χ0) is 13.9. The molecule has 0 atom stereocenters. The fraction of sp³-hybridized carbons (Fsp3) is 0.938. The van der Waals surface area contributed by atoms with E-state index in [9.17, 15) is 4.79 Å². The molecule has 112 valence electrons. The summed E-state index contributed by atoms with van der Waals surface area (Å²) >= 11 is 0. The Morgan fingerprint density at radius 2 is 1.68 bits per heavy atom. The molecule has 1 aliphatic carbocycles. The van der Waals surface area contributed by atoms with E-state index in [-0.39, 0.29) is 11.9 Å². The maximum absolute atomic E-state index is 11.4. The van der Waals surface area contributed by atoms with Crippen LogP contribution in [0.2, 0.25) is 0 Å². The quantitative estimate of drug-likeness (QED) is 0.513. The summed E-state index contributed by atoms with van der Waals surface area (Å²) in [6.45, 7) is 3.39. The molecule has 1 rings (SSSR count). The number of esters is 1. The molecule has 0 heterocycles. The number of methoxy groups -OCH3 is 1. The Hall–Kier alpha value is -0.570. The van der Waals surface area contributed by atoms with Gasteiger partial charge in [0, 0.05) is 6.04 Å². The standard InChI is InChI=1S/C16H31NO2/c1-3-4-5-6-7-8-13-17-15-11-9-14(10-12-15)16(18)19-2/h14-15,17H,3-13H2,1-2H3. The molecule has 0 aromatic rings. The van der Waals surface area contributed by atoms with E-state index < -0.39 is 0 Å². The van der Waals surface area contributed by atoms with Gasteiger partial charge >= 0.3 is 5.97 Å². The third kappa shape index (κ3) is 6.95. The van der Waals surface area contributed by atoms with Crippen LogP contribution in [0.25, 0.3) is 0 Å². The Labute approximate surface area is 118 Å². The summed E-state index contributed by atoms with van der Waals surface area (Å²) in [6.07, 6.45) is 12.3. The van der Waals surface area contributed by atoms with Crippen molar-refractivity contribution in [1.82, 2.24) is 5.32 Å². The molecule has 1 fully saturated rings. The number of hydrogen-bond acceptors (Lipinski definition) is 3. The van der Waals surface area contributed by atoms with Crippen LogP contribution in [0.3, 0.4) is 0 Å². The van der Waals surface area contributed by atoms with Gasteiger partial charge in [-0.15, -0.1) is 0 Å². The molecule has 0 bridgehead atoms. The molecule has 0 aromatic heterocycles. The van der Waals surface area contributed by atoms with Crippen LogP contribution in [0.5, 0.6) is 0 Å². The zero-order valence-corrected chi connectivity index (χ0v) is 12.7. The van der Waals surface area contributed by atoms with E-state index in [1.807, 2.05) is 0 Å². The highest BCUT2D eigenvalue weighted by atomic mass is 16.5. The normalized spacial score (nSPS) is 23.3. The number of carbonyl (C=O) groups is 1. The van der Waals surface area contributed by atoms with Crippen LogP contribution in [-0.4, -0.2) is 25.7 Å². The van der Waals surface area contributed by atoms with E-state index >= 15 is 0 Å². The van der Waals surface area contributed by atoms with Crippen molar-refractivity contribution < 1.29 is 9.53 Å². The lowest BCUT2D eigenvalue weighted by Crippen LogP contribution is -2.35. The van der Waals surface area contributed by atoms with Gasteiger partial charge in [-0.3, -0.25) is 4.79 Å². The monoisotopic (exact) mass is 269 g/mol. The summed E-state index contributed by atoms with van der Waals surface area (Å²) in [5.41, 5.74) is 0. The SMILES string of the molecule is CCCCCCCCNC1CCC(C(=O)OC)CC1. The Morgan fingerprint density at radius 3 is 2.32 bits per heavy atom. The molecule has 3 nitrogen and oxygen atoms in total. The van der Waals surface area contributed by atoms with Crippen LogP contribution in [0.15, 0.2) is 0 Å². The average Bonchev–Trinajstić information content (AvgIpc) is 2.46. The highest BCUT2D eigenvalue weighted by Gasteiger charge is 2.26. The predicted octanol–water partition coefficient (Wildman–Crippen LogP) is 3.67. The molecule has 1 aliphatic rings. The highest BCUT2D eigenvalue weighted by molar-refractivity contribution is 5.72. The number of rotatable bonds is 9. The van der Waals surface area contributed by atoms with E-state index in [4.69, 9.17) is 4.74 Å². The topological polar surface area (TPSA) is 38.3 Å². The van der Waals surface area contributed by atoms with Gasteiger partial charge in [0.15, 0.2) is 0 Å². The smallest absolute Gasteiger partial charge is 0.308 e. The summed E-state index contributed by atoms with van der Waals surface area (Å²) in [5.74, 6) is 0.131. The molecule has 0 aliphatic heterocycles. The first-order valence-electron chi connectivity index (χ1n) is 8.09. The van der Waals surface area contributed by atoms with Crippen molar-refractivity contribution in [3.63, 3.8) is 0 Å². The largest absolute Gasteiger partial charge is 0.469 e. The average molecular weight is 269 g/mol. The van der Waals surface area contributed by atoms with E-state index in [2.05, 4.69) is 12.2 Å². The van der Waals surface area contributed by atoms with E-state index in [0.717, 1.165) is 32.2 Å². The first-order valence-corrected chi connectivity index (χ1v) is 8.09. The van der Waals surface area contributed by atoms with Crippen LogP contribution in [0, 0.1) is 5.92 Å². The van der Waals surface area contributed by atoms with E-state index in [0.29, 0.717) is 6.04 Å². The molecule has 1 N–H and O–H groups in total. The third-order valence-corrected chi connectivity index (χ3v) is 4.23. The Bertz CT molecular complexity index is 235. The number of ether oxygens (including phenoxy) is 1. The van der Waals surface area contributed by atoms with E-state index in [1.54, 1.807) is 0 Å². The Balaban J connectivity index is 1.96. The summed E-state index contributed by atoms with van der Waals surface area (Å²) in [4.78, 5) is 11.4. The lowest BCUT2D eigenvalue weighted by Gasteiger charge is -2.27. The molecular weight excluding hydrogens is 238 g/mol. The first-order chi connectivity index (χ1) is 9.27. The fourth-order valence-corrected chi connectivity index (χ4v) is 2.91. The van der Waals surface area contributed by atoms with Gasteiger partial charge in [-0.2, -0.15) is 0 Å². The second-order valence-electron chi connectivity index (χ2n) is 5.79. The summed E-state index contributed by atoms with van der Waals surface area (Å²) < 4.78 is 4.81. The van der Waals surface area contributed by atoms with Gasteiger partial charge in [0.2, 0.25) is 0 Å². The van der Waals surface area contributed by atoms with Crippen molar-refractivity contribution in [3.05, 3.63) is 0 Å². The summed E-state index contributed by atoms with van der Waals surface area (Å²) in [7, 11) is 1.49. The van der Waals surface area contributed by atoms with Crippen LogP contribution in [0.4, 0.5) is 0 Å². The summed E-state index contributed by atoms with van der Waals surface area (Å²) in [6, 6.07) is 0.622. The van der Waals surface area contributed by atoms with Crippen molar-refractivity contribution >= 4 is 5.97 Å². The van der Waals surface area contributed by atoms with Crippen molar-refractivity contribution in [2.75, 3.05) is 13.7 Å². The second kappa shape index (κ2) is 10.2. The van der Waals surface area contributed by atoms with Crippen LogP contribution < -0.4 is 5.32 Å². The van der Waals surface area contributed by atoms with Crippen LogP contribution in [0.1, 0.15) is 71.1 Å². The highest BCUT2D eigenvalue weighted by Crippen LogP contribution is 2.25. The fourth-order valence-electron chi connectivity index (χ4n) is 2.91. The molecule has 3 heteroatoms. The van der Waals surface area contributed by atoms with Crippen molar-refractivity contribution in [3.8, 4) is 0 Å². The predicted molar refractivity (Wildman–Crippen MR) is 79.1 cm³/mol. The van der Waals surface area contributed by atoms with Gasteiger partial charge < -0.3 is 10.1 Å². The molecule has 19 heavy (non-hydrogen) atoms. The molecule has 0 spiro atoms.